The van der Waals surface area contributed by atoms with Crippen LogP contribution in [0, 0.1) is 11.6 Å². The van der Waals surface area contributed by atoms with E-state index >= 15 is 0 Å². The third-order valence-electron chi connectivity index (χ3n) is 2.56. The maximum atomic E-state index is 12.9. The van der Waals surface area contributed by atoms with Gasteiger partial charge < -0.3 is 5.11 Å². The second kappa shape index (κ2) is 7.17. The first-order chi connectivity index (χ1) is 8.13. The molecule has 0 aliphatic heterocycles. The van der Waals surface area contributed by atoms with Crippen LogP contribution in [0.5, 0.6) is 0 Å². The number of aliphatic hydroxyl groups is 1. The van der Waals surface area contributed by atoms with Crippen LogP contribution in [0.15, 0.2) is 24.3 Å². The summed E-state index contributed by atoms with van der Waals surface area (Å²) in [7, 11) is 0. The lowest BCUT2D eigenvalue weighted by Gasteiger charge is -2.04. The van der Waals surface area contributed by atoms with Gasteiger partial charge in [0.25, 0.3) is 0 Å². The van der Waals surface area contributed by atoms with Crippen molar-refractivity contribution in [2.45, 2.75) is 38.7 Å². The Kier molecular flexibility index (Phi) is 5.84. The quantitative estimate of drug-likeness (QED) is 0.747. The van der Waals surface area contributed by atoms with Gasteiger partial charge in [-0.15, -0.1) is 0 Å². The molecule has 3 heteroatoms. The number of aliphatic hydroxyl groups excluding tert-OH is 1. The van der Waals surface area contributed by atoms with Crippen LogP contribution in [0.25, 0.3) is 6.08 Å². The zero-order valence-corrected chi connectivity index (χ0v) is 10.00. The first-order valence-electron chi connectivity index (χ1n) is 5.94. The summed E-state index contributed by atoms with van der Waals surface area (Å²) in [6, 6.07) is 3.68. The van der Waals surface area contributed by atoms with Gasteiger partial charge in [-0.3, -0.25) is 0 Å². The second-order valence-electron chi connectivity index (χ2n) is 4.10. The van der Waals surface area contributed by atoms with E-state index in [1.807, 2.05) is 0 Å². The lowest BCUT2D eigenvalue weighted by Crippen LogP contribution is -2.01. The highest BCUT2D eigenvalue weighted by Crippen LogP contribution is 2.11. The average Bonchev–Trinajstić information content (AvgIpc) is 2.31. The van der Waals surface area contributed by atoms with Gasteiger partial charge in [-0.05, 0) is 24.1 Å². The van der Waals surface area contributed by atoms with Gasteiger partial charge in [-0.2, -0.15) is 0 Å². The van der Waals surface area contributed by atoms with Gasteiger partial charge in [0, 0.05) is 0 Å². The van der Waals surface area contributed by atoms with Crippen molar-refractivity contribution >= 4 is 6.08 Å². The number of benzene rings is 1. The van der Waals surface area contributed by atoms with Gasteiger partial charge in [0.1, 0.15) is 0 Å². The molecule has 94 valence electrons. The summed E-state index contributed by atoms with van der Waals surface area (Å²) in [6.45, 7) is 2.10. The molecule has 0 radical (unpaired) electrons. The molecule has 0 heterocycles. The molecule has 0 amide bonds. The molecular weight excluding hydrogens is 222 g/mol. The van der Waals surface area contributed by atoms with Crippen LogP contribution in [0.1, 0.15) is 38.2 Å². The number of unbranched alkanes of at least 4 members (excludes halogenated alkanes) is 2. The lowest BCUT2D eigenvalue weighted by molar-refractivity contribution is 0.209. The molecule has 1 aromatic rings. The Hall–Kier alpha value is -1.22. The van der Waals surface area contributed by atoms with E-state index in [9.17, 15) is 13.9 Å². The van der Waals surface area contributed by atoms with Crippen LogP contribution in [0.3, 0.4) is 0 Å². The van der Waals surface area contributed by atoms with Gasteiger partial charge in [-0.1, -0.05) is 44.4 Å². The van der Waals surface area contributed by atoms with Crippen molar-refractivity contribution in [2.24, 2.45) is 0 Å². The van der Waals surface area contributed by atoms with Crippen molar-refractivity contribution in [3.05, 3.63) is 41.5 Å². The molecule has 1 atom stereocenters. The third-order valence-corrected chi connectivity index (χ3v) is 2.56. The fourth-order valence-electron chi connectivity index (χ4n) is 1.54. The summed E-state index contributed by atoms with van der Waals surface area (Å²) in [6.07, 6.45) is 6.58. The highest BCUT2D eigenvalue weighted by molar-refractivity contribution is 5.49. The molecule has 1 aromatic carbocycles. The number of hydrogen-bond acceptors (Lipinski definition) is 1. The molecule has 0 spiro atoms. The average molecular weight is 240 g/mol. The molecule has 1 nitrogen and oxygen atoms in total. The minimum absolute atomic E-state index is 0.519. The Morgan fingerprint density at radius 1 is 1.24 bits per heavy atom. The molecule has 1 N–H and O–H groups in total. The van der Waals surface area contributed by atoms with E-state index in [-0.39, 0.29) is 0 Å². The minimum Gasteiger partial charge on any atom is -0.389 e. The highest BCUT2D eigenvalue weighted by Gasteiger charge is 2.01. The van der Waals surface area contributed by atoms with E-state index in [0.29, 0.717) is 12.0 Å². The lowest BCUT2D eigenvalue weighted by atomic mass is 10.1. The number of halogens is 2. The first kappa shape index (κ1) is 13.8. The van der Waals surface area contributed by atoms with E-state index in [2.05, 4.69) is 6.92 Å². The monoisotopic (exact) mass is 240 g/mol. The van der Waals surface area contributed by atoms with Gasteiger partial charge in [0.2, 0.25) is 0 Å². The minimum atomic E-state index is -0.868. The topological polar surface area (TPSA) is 20.2 Å². The van der Waals surface area contributed by atoms with Gasteiger partial charge in [0.05, 0.1) is 6.10 Å². The van der Waals surface area contributed by atoms with Crippen LogP contribution >= 0.6 is 0 Å². The Morgan fingerprint density at radius 3 is 2.65 bits per heavy atom. The zero-order valence-electron chi connectivity index (χ0n) is 10.00. The fraction of sp³-hybridized carbons (Fsp3) is 0.429. The molecule has 1 rings (SSSR count). The van der Waals surface area contributed by atoms with Crippen molar-refractivity contribution in [2.75, 3.05) is 0 Å². The Morgan fingerprint density at radius 2 is 2.00 bits per heavy atom. The standard InChI is InChI=1S/C14H18F2O/c1-2-3-4-5-12(17)8-6-11-7-9-13(15)14(16)10-11/h6-10,12,17H,2-5H2,1H3/b8-6+. The zero-order chi connectivity index (χ0) is 12.7. The van der Waals surface area contributed by atoms with Crippen molar-refractivity contribution in [3.8, 4) is 0 Å². The van der Waals surface area contributed by atoms with Crippen LogP contribution < -0.4 is 0 Å². The molecule has 17 heavy (non-hydrogen) atoms. The summed E-state index contributed by atoms with van der Waals surface area (Å²) < 4.78 is 25.5. The van der Waals surface area contributed by atoms with Gasteiger partial charge in [0.15, 0.2) is 11.6 Å². The van der Waals surface area contributed by atoms with Gasteiger partial charge >= 0.3 is 0 Å². The summed E-state index contributed by atoms with van der Waals surface area (Å²) in [5, 5.41) is 9.61. The molecule has 0 aromatic heterocycles. The molecule has 0 saturated heterocycles. The summed E-state index contributed by atoms with van der Waals surface area (Å²) in [5.41, 5.74) is 0.554. The fourth-order valence-corrected chi connectivity index (χ4v) is 1.54. The Bertz CT molecular complexity index is 374. The molecule has 0 aliphatic rings. The Balaban J connectivity index is 2.49. The second-order valence-corrected chi connectivity index (χ2v) is 4.10. The predicted molar refractivity (Wildman–Crippen MR) is 65.5 cm³/mol. The third kappa shape index (κ3) is 5.09. The van der Waals surface area contributed by atoms with Crippen molar-refractivity contribution in [1.29, 1.82) is 0 Å². The van der Waals surface area contributed by atoms with Crippen LogP contribution in [0.4, 0.5) is 8.78 Å². The van der Waals surface area contributed by atoms with E-state index in [0.717, 1.165) is 31.4 Å². The molecule has 0 aliphatic carbocycles. The summed E-state index contributed by atoms with van der Waals surface area (Å²) >= 11 is 0. The molecule has 0 bridgehead atoms. The van der Waals surface area contributed by atoms with Crippen molar-refractivity contribution in [3.63, 3.8) is 0 Å². The maximum absolute atomic E-state index is 12.9. The van der Waals surface area contributed by atoms with Crippen molar-refractivity contribution < 1.29 is 13.9 Å². The van der Waals surface area contributed by atoms with Crippen LogP contribution in [-0.2, 0) is 0 Å². The van der Waals surface area contributed by atoms with E-state index in [1.165, 1.54) is 6.07 Å². The number of hydrogen-bond donors (Lipinski definition) is 1. The summed E-state index contributed by atoms with van der Waals surface area (Å²) in [5.74, 6) is -1.72. The molecule has 0 saturated carbocycles. The largest absolute Gasteiger partial charge is 0.389 e. The molecule has 0 fully saturated rings. The van der Waals surface area contributed by atoms with E-state index in [4.69, 9.17) is 0 Å². The first-order valence-corrected chi connectivity index (χ1v) is 5.94. The van der Waals surface area contributed by atoms with E-state index in [1.54, 1.807) is 12.2 Å². The van der Waals surface area contributed by atoms with Gasteiger partial charge in [-0.25, -0.2) is 8.78 Å². The smallest absolute Gasteiger partial charge is 0.159 e. The highest BCUT2D eigenvalue weighted by atomic mass is 19.2. The SMILES string of the molecule is CCCCCC(O)/C=C/c1ccc(F)c(F)c1. The normalized spacial score (nSPS) is 13.2. The Labute approximate surface area is 101 Å². The van der Waals surface area contributed by atoms with Crippen LogP contribution in [-0.4, -0.2) is 11.2 Å². The van der Waals surface area contributed by atoms with Crippen molar-refractivity contribution in [1.82, 2.24) is 0 Å². The van der Waals surface area contributed by atoms with E-state index < -0.39 is 17.7 Å². The summed E-state index contributed by atoms with van der Waals surface area (Å²) in [4.78, 5) is 0. The maximum Gasteiger partial charge on any atom is 0.159 e. The predicted octanol–water partition coefficient (Wildman–Crippen LogP) is 3.92. The molecule has 1 unspecified atom stereocenters. The van der Waals surface area contributed by atoms with Crippen LogP contribution in [0.2, 0.25) is 0 Å². The molecular formula is C14H18F2O. The number of rotatable bonds is 6.